The van der Waals surface area contributed by atoms with Crippen molar-refractivity contribution < 1.29 is 9.59 Å². The van der Waals surface area contributed by atoms with Crippen molar-refractivity contribution >= 4 is 29.1 Å². The Hall–Kier alpha value is -2.37. The molecule has 0 saturated carbocycles. The predicted molar refractivity (Wildman–Crippen MR) is 122 cm³/mol. The molecule has 0 spiro atoms. The van der Waals surface area contributed by atoms with Gasteiger partial charge in [0.1, 0.15) is 0 Å². The molecule has 0 unspecified atom stereocenters. The fourth-order valence-electron chi connectivity index (χ4n) is 3.66. The third-order valence-electron chi connectivity index (χ3n) is 5.35. The maximum atomic E-state index is 12.8. The second-order valence-corrected chi connectivity index (χ2v) is 8.76. The average molecular weight is 428 g/mol. The summed E-state index contributed by atoms with van der Waals surface area (Å²) in [6.45, 7) is 7.27. The molecule has 160 valence electrons. The third kappa shape index (κ3) is 6.31. The molecule has 2 aromatic rings. The number of likely N-dealkylation sites (tertiary alicyclic amines) is 1. The van der Waals surface area contributed by atoms with Crippen LogP contribution in [0.3, 0.4) is 0 Å². The van der Waals surface area contributed by atoms with Crippen LogP contribution in [0, 0.1) is 11.8 Å². The monoisotopic (exact) mass is 427 g/mol. The molecule has 1 saturated heterocycles. The van der Waals surface area contributed by atoms with Gasteiger partial charge in [0.2, 0.25) is 5.91 Å². The van der Waals surface area contributed by atoms with Gasteiger partial charge in [-0.25, -0.2) is 0 Å². The highest BCUT2D eigenvalue weighted by atomic mass is 35.5. The molecule has 0 atom stereocenters. The molecule has 0 radical (unpaired) electrons. The summed E-state index contributed by atoms with van der Waals surface area (Å²) < 4.78 is 0. The van der Waals surface area contributed by atoms with Crippen LogP contribution >= 0.6 is 11.6 Å². The predicted octanol–water partition coefficient (Wildman–Crippen LogP) is 4.58. The number of nitrogens with zero attached hydrogens (tertiary/aromatic N) is 1. The zero-order valence-electron chi connectivity index (χ0n) is 17.7. The number of nitrogens with one attached hydrogen (secondary N) is 2. The first-order chi connectivity index (χ1) is 14.4. The van der Waals surface area contributed by atoms with Crippen molar-refractivity contribution in [3.05, 3.63) is 64.7 Å². The number of para-hydroxylation sites is 1. The van der Waals surface area contributed by atoms with E-state index in [1.165, 1.54) is 5.56 Å². The molecule has 1 aliphatic rings. The Kier molecular flexibility index (Phi) is 7.88. The molecule has 1 heterocycles. The lowest BCUT2D eigenvalue weighted by Crippen LogP contribution is -2.38. The third-order valence-corrected chi connectivity index (χ3v) is 5.59. The molecule has 1 fully saturated rings. The highest BCUT2D eigenvalue weighted by molar-refractivity contribution is 6.30. The summed E-state index contributed by atoms with van der Waals surface area (Å²) >= 11 is 6.07. The minimum atomic E-state index is -0.157. The molecule has 0 aliphatic carbocycles. The van der Waals surface area contributed by atoms with Crippen molar-refractivity contribution in [1.82, 2.24) is 10.2 Å². The molecule has 2 aromatic carbocycles. The van der Waals surface area contributed by atoms with Gasteiger partial charge in [0.15, 0.2) is 0 Å². The molecule has 2 amide bonds. The van der Waals surface area contributed by atoms with E-state index >= 15 is 0 Å². The summed E-state index contributed by atoms with van der Waals surface area (Å²) in [6, 6.07) is 15.1. The maximum Gasteiger partial charge on any atom is 0.253 e. The first kappa shape index (κ1) is 22.3. The minimum Gasteiger partial charge on any atom is -0.352 e. The maximum absolute atomic E-state index is 12.8. The van der Waals surface area contributed by atoms with Gasteiger partial charge in [-0.1, -0.05) is 49.7 Å². The summed E-state index contributed by atoms with van der Waals surface area (Å²) in [6.07, 6.45) is 1.60. The van der Waals surface area contributed by atoms with Gasteiger partial charge in [-0.2, -0.15) is 0 Å². The Bertz CT molecular complexity index is 876. The van der Waals surface area contributed by atoms with Gasteiger partial charge in [0, 0.05) is 24.0 Å². The number of piperidine rings is 1. The summed E-state index contributed by atoms with van der Waals surface area (Å²) in [5.74, 6) is 0.151. The van der Waals surface area contributed by atoms with Gasteiger partial charge in [0.25, 0.3) is 5.91 Å². The SMILES string of the molecule is CC(C)CNC(=O)c1ccccc1NC(=O)C1CCN(Cc2cccc(Cl)c2)CC1. The zero-order chi connectivity index (χ0) is 21.5. The molecule has 6 heteroatoms. The van der Waals surface area contributed by atoms with E-state index in [-0.39, 0.29) is 17.7 Å². The van der Waals surface area contributed by atoms with Crippen LogP contribution in [0.1, 0.15) is 42.6 Å². The fraction of sp³-hybridized carbons (Fsp3) is 0.417. The topological polar surface area (TPSA) is 61.4 Å². The van der Waals surface area contributed by atoms with Crippen molar-refractivity contribution in [3.8, 4) is 0 Å². The van der Waals surface area contributed by atoms with E-state index in [0.29, 0.717) is 23.7 Å². The van der Waals surface area contributed by atoms with Crippen molar-refractivity contribution in [3.63, 3.8) is 0 Å². The van der Waals surface area contributed by atoms with Crippen molar-refractivity contribution in [2.45, 2.75) is 33.2 Å². The largest absolute Gasteiger partial charge is 0.352 e. The number of carbonyl (C=O) groups excluding carboxylic acids is 2. The van der Waals surface area contributed by atoms with Crippen LogP contribution in [0.4, 0.5) is 5.69 Å². The number of hydrogen-bond donors (Lipinski definition) is 2. The minimum absolute atomic E-state index is 0.0125. The second-order valence-electron chi connectivity index (χ2n) is 8.32. The van der Waals surface area contributed by atoms with E-state index in [1.807, 2.05) is 44.2 Å². The number of amides is 2. The van der Waals surface area contributed by atoms with E-state index in [2.05, 4.69) is 21.6 Å². The average Bonchev–Trinajstić information content (AvgIpc) is 2.73. The van der Waals surface area contributed by atoms with Gasteiger partial charge < -0.3 is 10.6 Å². The first-order valence-electron chi connectivity index (χ1n) is 10.6. The molecule has 2 N–H and O–H groups in total. The van der Waals surface area contributed by atoms with Crippen molar-refractivity contribution in [1.29, 1.82) is 0 Å². The summed E-state index contributed by atoms with van der Waals surface area (Å²) in [5, 5.41) is 6.65. The Morgan fingerprint density at radius 3 is 2.53 bits per heavy atom. The highest BCUT2D eigenvalue weighted by Gasteiger charge is 2.26. The smallest absolute Gasteiger partial charge is 0.253 e. The van der Waals surface area contributed by atoms with E-state index in [9.17, 15) is 9.59 Å². The molecular formula is C24H30ClN3O2. The Morgan fingerprint density at radius 2 is 1.83 bits per heavy atom. The first-order valence-corrected chi connectivity index (χ1v) is 10.9. The number of carbonyl (C=O) groups is 2. The Morgan fingerprint density at radius 1 is 1.10 bits per heavy atom. The van der Waals surface area contributed by atoms with Crippen LogP contribution in [0.15, 0.2) is 48.5 Å². The summed E-state index contributed by atoms with van der Waals surface area (Å²) in [4.78, 5) is 27.7. The Labute approximate surface area is 183 Å². The fourth-order valence-corrected chi connectivity index (χ4v) is 3.88. The zero-order valence-corrected chi connectivity index (χ0v) is 18.4. The van der Waals surface area contributed by atoms with Gasteiger partial charge in [-0.3, -0.25) is 14.5 Å². The quantitative estimate of drug-likeness (QED) is 0.680. The lowest BCUT2D eigenvalue weighted by atomic mass is 9.95. The van der Waals surface area contributed by atoms with Crippen LogP contribution in [-0.4, -0.2) is 36.3 Å². The molecule has 1 aliphatic heterocycles. The lowest BCUT2D eigenvalue weighted by molar-refractivity contribution is -0.121. The number of hydrogen-bond acceptors (Lipinski definition) is 3. The second kappa shape index (κ2) is 10.6. The molecule has 30 heavy (non-hydrogen) atoms. The summed E-state index contributed by atoms with van der Waals surface area (Å²) in [7, 11) is 0. The van der Waals surface area contributed by atoms with Crippen molar-refractivity contribution in [2.24, 2.45) is 11.8 Å². The molecular weight excluding hydrogens is 398 g/mol. The van der Waals surface area contributed by atoms with Crippen LogP contribution in [0.2, 0.25) is 5.02 Å². The van der Waals surface area contributed by atoms with E-state index in [4.69, 9.17) is 11.6 Å². The van der Waals surface area contributed by atoms with Crippen LogP contribution < -0.4 is 10.6 Å². The Balaban J connectivity index is 1.54. The number of anilines is 1. The van der Waals surface area contributed by atoms with Gasteiger partial charge in [-0.15, -0.1) is 0 Å². The van der Waals surface area contributed by atoms with Crippen LogP contribution in [0.25, 0.3) is 0 Å². The highest BCUT2D eigenvalue weighted by Crippen LogP contribution is 2.23. The van der Waals surface area contributed by atoms with E-state index < -0.39 is 0 Å². The summed E-state index contributed by atoms with van der Waals surface area (Å²) in [5.41, 5.74) is 2.27. The normalized spacial score (nSPS) is 15.2. The molecule has 5 nitrogen and oxygen atoms in total. The number of benzene rings is 2. The van der Waals surface area contributed by atoms with E-state index in [0.717, 1.165) is 37.5 Å². The number of rotatable bonds is 7. The van der Waals surface area contributed by atoms with Gasteiger partial charge in [0.05, 0.1) is 11.3 Å². The lowest BCUT2D eigenvalue weighted by Gasteiger charge is -2.31. The van der Waals surface area contributed by atoms with Gasteiger partial charge >= 0.3 is 0 Å². The molecule has 0 aromatic heterocycles. The van der Waals surface area contributed by atoms with Crippen molar-refractivity contribution in [2.75, 3.05) is 25.0 Å². The number of halogens is 1. The standard InChI is InChI=1S/C24H30ClN3O2/c1-17(2)15-26-24(30)21-8-3-4-9-22(21)27-23(29)19-10-12-28(13-11-19)16-18-6-5-7-20(25)14-18/h3-9,14,17,19H,10-13,15-16H2,1-2H3,(H,26,30)(H,27,29). The molecule has 0 bridgehead atoms. The van der Waals surface area contributed by atoms with Gasteiger partial charge in [-0.05, 0) is 61.7 Å². The van der Waals surface area contributed by atoms with E-state index in [1.54, 1.807) is 12.1 Å². The van der Waals surface area contributed by atoms with Crippen LogP contribution in [0.5, 0.6) is 0 Å². The molecule has 3 rings (SSSR count). The van der Waals surface area contributed by atoms with Crippen LogP contribution in [-0.2, 0) is 11.3 Å².